The fourth-order valence-electron chi connectivity index (χ4n) is 3.86. The number of anilines is 1. The first kappa shape index (κ1) is 23.0. The van der Waals surface area contributed by atoms with Crippen LogP contribution in [-0.2, 0) is 19.1 Å². The molecular formula is C27H26N2O5. The lowest BCUT2D eigenvalue weighted by atomic mass is 10.1. The van der Waals surface area contributed by atoms with E-state index in [4.69, 9.17) is 9.47 Å². The van der Waals surface area contributed by atoms with Crippen LogP contribution in [0.1, 0.15) is 24.9 Å². The van der Waals surface area contributed by atoms with Gasteiger partial charge in [-0.25, -0.2) is 0 Å². The van der Waals surface area contributed by atoms with Crippen LogP contribution in [-0.4, -0.2) is 35.8 Å². The van der Waals surface area contributed by atoms with Crippen LogP contribution in [0.5, 0.6) is 11.5 Å². The summed E-state index contributed by atoms with van der Waals surface area (Å²) in [5.41, 5.74) is 1.56. The molecule has 2 atom stereocenters. The third-order valence-electron chi connectivity index (χ3n) is 5.70. The molecule has 0 saturated carbocycles. The van der Waals surface area contributed by atoms with Gasteiger partial charge in [-0.2, -0.15) is 0 Å². The summed E-state index contributed by atoms with van der Waals surface area (Å²) in [6, 6.07) is 25.8. The van der Waals surface area contributed by atoms with Crippen LogP contribution in [0, 0.1) is 5.92 Å². The molecule has 0 spiro atoms. The van der Waals surface area contributed by atoms with E-state index in [-0.39, 0.29) is 24.9 Å². The van der Waals surface area contributed by atoms with Crippen LogP contribution < -0.4 is 10.1 Å². The maximum Gasteiger partial charge on any atom is 0.311 e. The van der Waals surface area contributed by atoms with Crippen LogP contribution in [0.3, 0.4) is 0 Å². The number of esters is 1. The van der Waals surface area contributed by atoms with Crippen molar-refractivity contribution in [2.24, 2.45) is 5.92 Å². The zero-order valence-corrected chi connectivity index (χ0v) is 18.8. The first-order chi connectivity index (χ1) is 16.5. The second kappa shape index (κ2) is 10.7. The van der Waals surface area contributed by atoms with Crippen molar-refractivity contribution >= 4 is 23.5 Å². The quantitative estimate of drug-likeness (QED) is 0.500. The number of nitrogens with zero attached hydrogens (tertiary/aromatic N) is 1. The zero-order valence-electron chi connectivity index (χ0n) is 18.8. The second-order valence-corrected chi connectivity index (χ2v) is 8.13. The second-order valence-electron chi connectivity index (χ2n) is 8.13. The standard InChI is InChI=1S/C27H26N2O5/c1-19(20-8-4-2-5-9-20)29-17-21(16-26(29)31)27(32)33-18-25(30)28-22-12-14-24(15-13-22)34-23-10-6-3-7-11-23/h2-15,19,21H,16-18H2,1H3,(H,28,30)/t19-,21-/m0/s1. The van der Waals surface area contributed by atoms with E-state index < -0.39 is 24.4 Å². The van der Waals surface area contributed by atoms with Gasteiger partial charge in [0.1, 0.15) is 11.5 Å². The molecule has 4 rings (SSSR count). The largest absolute Gasteiger partial charge is 0.457 e. The zero-order chi connectivity index (χ0) is 23.9. The summed E-state index contributed by atoms with van der Waals surface area (Å²) in [7, 11) is 0. The van der Waals surface area contributed by atoms with Crippen molar-refractivity contribution in [3.63, 3.8) is 0 Å². The van der Waals surface area contributed by atoms with Gasteiger partial charge in [-0.3, -0.25) is 14.4 Å². The van der Waals surface area contributed by atoms with E-state index in [2.05, 4.69) is 5.32 Å². The van der Waals surface area contributed by atoms with Gasteiger partial charge >= 0.3 is 5.97 Å². The van der Waals surface area contributed by atoms with Gasteiger partial charge in [0.05, 0.1) is 12.0 Å². The van der Waals surface area contributed by atoms with Gasteiger partial charge < -0.3 is 19.7 Å². The monoisotopic (exact) mass is 458 g/mol. The number of hydrogen-bond donors (Lipinski definition) is 1. The van der Waals surface area contributed by atoms with E-state index in [1.54, 1.807) is 29.2 Å². The summed E-state index contributed by atoms with van der Waals surface area (Å²) < 4.78 is 10.9. The minimum Gasteiger partial charge on any atom is -0.457 e. The van der Waals surface area contributed by atoms with Gasteiger partial charge in [0.2, 0.25) is 5.91 Å². The minimum absolute atomic E-state index is 0.0838. The van der Waals surface area contributed by atoms with E-state index >= 15 is 0 Å². The molecule has 3 aromatic rings. The number of amides is 2. The molecule has 0 bridgehead atoms. The van der Waals surface area contributed by atoms with Gasteiger partial charge in [0.25, 0.3) is 5.91 Å². The highest BCUT2D eigenvalue weighted by Gasteiger charge is 2.38. The van der Waals surface area contributed by atoms with Crippen molar-refractivity contribution in [3.05, 3.63) is 90.5 Å². The molecule has 1 fully saturated rings. The molecule has 0 aliphatic carbocycles. The summed E-state index contributed by atoms with van der Waals surface area (Å²) in [6.45, 7) is 1.79. The predicted octanol–water partition coefficient (Wildman–Crippen LogP) is 4.57. The molecular weight excluding hydrogens is 432 g/mol. The Morgan fingerprint density at radius 3 is 2.24 bits per heavy atom. The molecule has 7 nitrogen and oxygen atoms in total. The Morgan fingerprint density at radius 2 is 1.56 bits per heavy atom. The molecule has 7 heteroatoms. The average Bonchev–Trinajstić information content (AvgIpc) is 3.26. The third-order valence-corrected chi connectivity index (χ3v) is 5.70. The van der Waals surface area contributed by atoms with Crippen molar-refractivity contribution in [1.82, 2.24) is 4.90 Å². The molecule has 1 saturated heterocycles. The number of likely N-dealkylation sites (tertiary alicyclic amines) is 1. The summed E-state index contributed by atoms with van der Waals surface area (Å²) in [4.78, 5) is 38.8. The lowest BCUT2D eigenvalue weighted by Gasteiger charge is -2.25. The Morgan fingerprint density at radius 1 is 0.941 bits per heavy atom. The fourth-order valence-corrected chi connectivity index (χ4v) is 3.86. The normalized spacial score (nSPS) is 16.1. The van der Waals surface area contributed by atoms with E-state index in [9.17, 15) is 14.4 Å². The number of benzene rings is 3. The molecule has 3 aromatic carbocycles. The molecule has 1 heterocycles. The van der Waals surface area contributed by atoms with Crippen molar-refractivity contribution in [2.45, 2.75) is 19.4 Å². The van der Waals surface area contributed by atoms with Crippen molar-refractivity contribution in [2.75, 3.05) is 18.5 Å². The van der Waals surface area contributed by atoms with Crippen LogP contribution in [0.15, 0.2) is 84.9 Å². The third kappa shape index (κ3) is 5.81. The van der Waals surface area contributed by atoms with Crippen LogP contribution in [0.25, 0.3) is 0 Å². The number of rotatable bonds is 8. The highest BCUT2D eigenvalue weighted by atomic mass is 16.5. The molecule has 0 unspecified atom stereocenters. The molecule has 1 aliphatic rings. The lowest BCUT2D eigenvalue weighted by Crippen LogP contribution is -2.30. The Bertz CT molecular complexity index is 1130. The van der Waals surface area contributed by atoms with Gasteiger partial charge in [-0.05, 0) is 48.9 Å². The van der Waals surface area contributed by atoms with Gasteiger partial charge in [0.15, 0.2) is 6.61 Å². The van der Waals surface area contributed by atoms with Crippen molar-refractivity contribution in [1.29, 1.82) is 0 Å². The molecule has 174 valence electrons. The number of carbonyl (C=O) groups is 3. The molecule has 0 radical (unpaired) electrons. The molecule has 1 N–H and O–H groups in total. The smallest absolute Gasteiger partial charge is 0.311 e. The number of para-hydroxylation sites is 1. The van der Waals surface area contributed by atoms with E-state index in [0.29, 0.717) is 17.2 Å². The number of nitrogens with one attached hydrogen (secondary N) is 1. The summed E-state index contributed by atoms with van der Waals surface area (Å²) in [6.07, 6.45) is 0.0838. The van der Waals surface area contributed by atoms with E-state index in [1.165, 1.54) is 0 Å². The van der Waals surface area contributed by atoms with Crippen LogP contribution >= 0.6 is 0 Å². The Hall–Kier alpha value is -4.13. The summed E-state index contributed by atoms with van der Waals surface area (Å²) in [5, 5.41) is 2.69. The number of ether oxygens (including phenoxy) is 2. The molecule has 1 aliphatic heterocycles. The maximum atomic E-state index is 12.5. The Balaban J connectivity index is 1.24. The predicted molar refractivity (Wildman–Crippen MR) is 127 cm³/mol. The molecule has 0 aromatic heterocycles. The SMILES string of the molecule is C[C@@H](c1ccccc1)N1C[C@@H](C(=O)OCC(=O)Nc2ccc(Oc3ccccc3)cc2)CC1=O. The number of carbonyl (C=O) groups excluding carboxylic acids is 3. The van der Waals surface area contributed by atoms with Crippen molar-refractivity contribution < 1.29 is 23.9 Å². The highest BCUT2D eigenvalue weighted by Crippen LogP contribution is 2.29. The first-order valence-electron chi connectivity index (χ1n) is 11.1. The van der Waals surface area contributed by atoms with E-state index in [1.807, 2.05) is 67.6 Å². The fraction of sp³-hybridized carbons (Fsp3) is 0.222. The van der Waals surface area contributed by atoms with Crippen molar-refractivity contribution in [3.8, 4) is 11.5 Å². The number of hydrogen-bond acceptors (Lipinski definition) is 5. The maximum absolute atomic E-state index is 12.5. The Labute approximate surface area is 198 Å². The molecule has 34 heavy (non-hydrogen) atoms. The lowest BCUT2D eigenvalue weighted by molar-refractivity contribution is -0.151. The summed E-state index contributed by atoms with van der Waals surface area (Å²) in [5.74, 6) is -0.327. The summed E-state index contributed by atoms with van der Waals surface area (Å²) >= 11 is 0. The minimum atomic E-state index is -0.583. The van der Waals surface area contributed by atoms with Crippen LogP contribution in [0.4, 0.5) is 5.69 Å². The van der Waals surface area contributed by atoms with Gasteiger partial charge in [-0.15, -0.1) is 0 Å². The average molecular weight is 459 g/mol. The van der Waals surface area contributed by atoms with Gasteiger partial charge in [-0.1, -0.05) is 48.5 Å². The highest BCUT2D eigenvalue weighted by molar-refractivity contribution is 5.93. The molecule has 2 amide bonds. The first-order valence-corrected chi connectivity index (χ1v) is 11.1. The van der Waals surface area contributed by atoms with E-state index in [0.717, 1.165) is 5.56 Å². The Kier molecular flexibility index (Phi) is 7.22. The van der Waals surface area contributed by atoms with Gasteiger partial charge in [0, 0.05) is 18.7 Å². The van der Waals surface area contributed by atoms with Crippen LogP contribution in [0.2, 0.25) is 0 Å². The topological polar surface area (TPSA) is 84.9 Å².